The number of carbonyl (C=O) groups excluding carboxylic acids is 1. The van der Waals surface area contributed by atoms with Crippen LogP contribution in [0.2, 0.25) is 5.02 Å². The molecular weight excluding hydrogens is 290 g/mol. The largest absolute Gasteiger partial charge is 0.392 e. The van der Waals surface area contributed by atoms with Crippen LogP contribution in [-0.2, 0) is 11.4 Å². The lowest BCUT2D eigenvalue weighted by molar-refractivity contribution is -0.121. The van der Waals surface area contributed by atoms with Gasteiger partial charge in [0.1, 0.15) is 5.54 Å². The van der Waals surface area contributed by atoms with Crippen LogP contribution in [0, 0.1) is 17.2 Å². The molecule has 1 aromatic carbocycles. The molecule has 114 valence electrons. The maximum atomic E-state index is 11.9. The van der Waals surface area contributed by atoms with Gasteiger partial charge in [-0.2, -0.15) is 5.26 Å². The van der Waals surface area contributed by atoms with Crippen molar-refractivity contribution in [3.05, 3.63) is 28.8 Å². The van der Waals surface area contributed by atoms with Gasteiger partial charge in [-0.05, 0) is 30.5 Å². The Morgan fingerprint density at radius 2 is 2.19 bits per heavy atom. The van der Waals surface area contributed by atoms with Crippen molar-refractivity contribution in [1.29, 1.82) is 5.26 Å². The predicted octanol–water partition coefficient (Wildman–Crippen LogP) is 2.30. The highest BCUT2D eigenvalue weighted by Gasteiger charge is 2.29. The highest BCUT2D eigenvalue weighted by Crippen LogP contribution is 2.23. The zero-order valence-corrected chi connectivity index (χ0v) is 13.2. The van der Waals surface area contributed by atoms with Gasteiger partial charge in [-0.25, -0.2) is 0 Å². The Balaban J connectivity index is 2.68. The van der Waals surface area contributed by atoms with Gasteiger partial charge in [0.05, 0.1) is 29.9 Å². The van der Waals surface area contributed by atoms with Crippen LogP contribution in [-0.4, -0.2) is 23.1 Å². The number of nitrogens with zero attached hydrogens (tertiary/aromatic N) is 1. The molecule has 3 N–H and O–H groups in total. The van der Waals surface area contributed by atoms with Crippen LogP contribution < -0.4 is 10.6 Å². The Bertz CT molecular complexity index is 554. The Hall–Kier alpha value is -1.77. The van der Waals surface area contributed by atoms with Gasteiger partial charge in [-0.1, -0.05) is 31.5 Å². The number of halogens is 1. The lowest BCUT2D eigenvalue weighted by Crippen LogP contribution is -2.50. The minimum absolute atomic E-state index is 0.00140. The van der Waals surface area contributed by atoms with E-state index in [1.807, 2.05) is 13.8 Å². The van der Waals surface area contributed by atoms with E-state index in [1.165, 1.54) is 0 Å². The Morgan fingerprint density at radius 1 is 1.52 bits per heavy atom. The molecule has 0 heterocycles. The summed E-state index contributed by atoms with van der Waals surface area (Å²) in [6.45, 7) is 5.34. The van der Waals surface area contributed by atoms with Crippen LogP contribution in [0.1, 0.15) is 26.3 Å². The highest BCUT2D eigenvalue weighted by molar-refractivity contribution is 6.33. The molecule has 0 fully saturated rings. The maximum absolute atomic E-state index is 11.9. The molecule has 1 atom stereocenters. The lowest BCUT2D eigenvalue weighted by atomic mass is 9.90. The number of anilines is 1. The Kier molecular flexibility index (Phi) is 6.01. The normalized spacial score (nSPS) is 13.4. The summed E-state index contributed by atoms with van der Waals surface area (Å²) in [5.74, 6) is -0.300. The molecule has 0 saturated heterocycles. The third kappa shape index (κ3) is 4.62. The van der Waals surface area contributed by atoms with Crippen molar-refractivity contribution in [2.45, 2.75) is 32.9 Å². The van der Waals surface area contributed by atoms with E-state index >= 15 is 0 Å². The van der Waals surface area contributed by atoms with Gasteiger partial charge < -0.3 is 15.7 Å². The van der Waals surface area contributed by atoms with Gasteiger partial charge in [0.25, 0.3) is 0 Å². The first-order valence-electron chi connectivity index (χ1n) is 6.68. The van der Waals surface area contributed by atoms with E-state index in [1.54, 1.807) is 25.1 Å². The minimum atomic E-state index is -0.907. The second-order valence-corrected chi connectivity index (χ2v) is 5.75. The van der Waals surface area contributed by atoms with E-state index in [-0.39, 0.29) is 25.0 Å². The van der Waals surface area contributed by atoms with Crippen LogP contribution in [0.25, 0.3) is 0 Å². The molecule has 0 unspecified atom stereocenters. The summed E-state index contributed by atoms with van der Waals surface area (Å²) in [6.07, 6.45) is 0. The standard InChI is InChI=1S/C15H20ClN3O2/c1-10(2)15(3,9-17)19-14(21)7-18-13-6-11(8-20)4-5-12(13)16/h4-6,10,18,20H,7-8H2,1-3H3,(H,19,21)/t15-/m0/s1. The fourth-order valence-corrected chi connectivity index (χ4v) is 1.80. The summed E-state index contributed by atoms with van der Waals surface area (Å²) in [5, 5.41) is 24.3. The summed E-state index contributed by atoms with van der Waals surface area (Å²) >= 11 is 6.02. The summed E-state index contributed by atoms with van der Waals surface area (Å²) in [5.41, 5.74) is 0.364. The van der Waals surface area contributed by atoms with E-state index in [2.05, 4.69) is 16.7 Å². The van der Waals surface area contributed by atoms with Crippen molar-refractivity contribution in [2.75, 3.05) is 11.9 Å². The predicted molar refractivity (Wildman–Crippen MR) is 82.9 cm³/mol. The van der Waals surface area contributed by atoms with Gasteiger partial charge in [-0.3, -0.25) is 4.79 Å². The molecule has 0 aliphatic rings. The summed E-state index contributed by atoms with van der Waals surface area (Å²) in [7, 11) is 0. The van der Waals surface area contributed by atoms with E-state index in [0.717, 1.165) is 0 Å². The van der Waals surface area contributed by atoms with E-state index in [4.69, 9.17) is 22.0 Å². The van der Waals surface area contributed by atoms with Crippen molar-refractivity contribution >= 4 is 23.2 Å². The fourth-order valence-electron chi connectivity index (χ4n) is 1.62. The molecule has 0 saturated carbocycles. The Morgan fingerprint density at radius 3 is 2.71 bits per heavy atom. The van der Waals surface area contributed by atoms with Crippen molar-refractivity contribution in [2.24, 2.45) is 5.92 Å². The fraction of sp³-hybridized carbons (Fsp3) is 0.467. The molecule has 1 amide bonds. The molecule has 5 nitrogen and oxygen atoms in total. The number of nitriles is 1. The second kappa shape index (κ2) is 7.30. The molecular formula is C15H20ClN3O2. The van der Waals surface area contributed by atoms with Crippen molar-refractivity contribution in [1.82, 2.24) is 5.32 Å². The van der Waals surface area contributed by atoms with Gasteiger partial charge in [0.15, 0.2) is 0 Å². The van der Waals surface area contributed by atoms with E-state index in [9.17, 15) is 4.79 Å². The number of rotatable bonds is 6. The van der Waals surface area contributed by atoms with E-state index in [0.29, 0.717) is 16.3 Å². The first-order valence-corrected chi connectivity index (χ1v) is 7.05. The molecule has 0 aromatic heterocycles. The second-order valence-electron chi connectivity index (χ2n) is 5.34. The first-order chi connectivity index (χ1) is 9.82. The number of hydrogen-bond acceptors (Lipinski definition) is 4. The molecule has 0 radical (unpaired) electrons. The van der Waals surface area contributed by atoms with Gasteiger partial charge in [0.2, 0.25) is 5.91 Å². The lowest BCUT2D eigenvalue weighted by Gasteiger charge is -2.27. The van der Waals surface area contributed by atoms with Gasteiger partial charge >= 0.3 is 0 Å². The van der Waals surface area contributed by atoms with Gasteiger partial charge in [0, 0.05) is 0 Å². The number of carbonyl (C=O) groups is 1. The number of aliphatic hydroxyl groups excluding tert-OH is 1. The number of aliphatic hydroxyl groups is 1. The quantitative estimate of drug-likeness (QED) is 0.752. The third-order valence-electron chi connectivity index (χ3n) is 3.44. The van der Waals surface area contributed by atoms with Crippen molar-refractivity contribution in [3.63, 3.8) is 0 Å². The van der Waals surface area contributed by atoms with Crippen LogP contribution >= 0.6 is 11.6 Å². The number of benzene rings is 1. The van der Waals surface area contributed by atoms with E-state index < -0.39 is 5.54 Å². The zero-order valence-electron chi connectivity index (χ0n) is 12.4. The molecule has 0 spiro atoms. The number of amides is 1. The first kappa shape index (κ1) is 17.3. The van der Waals surface area contributed by atoms with Crippen molar-refractivity contribution in [3.8, 4) is 6.07 Å². The number of hydrogen-bond donors (Lipinski definition) is 3. The van der Waals surface area contributed by atoms with Crippen LogP contribution in [0.5, 0.6) is 0 Å². The number of nitrogens with one attached hydrogen (secondary N) is 2. The maximum Gasteiger partial charge on any atom is 0.240 e. The summed E-state index contributed by atoms with van der Waals surface area (Å²) in [6, 6.07) is 7.16. The molecule has 0 aliphatic carbocycles. The SMILES string of the molecule is CC(C)[C@](C)(C#N)NC(=O)CNc1cc(CO)ccc1Cl. The smallest absolute Gasteiger partial charge is 0.240 e. The average molecular weight is 310 g/mol. The highest BCUT2D eigenvalue weighted by atomic mass is 35.5. The Labute approximate surface area is 129 Å². The summed E-state index contributed by atoms with van der Waals surface area (Å²) in [4.78, 5) is 11.9. The van der Waals surface area contributed by atoms with Crippen LogP contribution in [0.4, 0.5) is 5.69 Å². The average Bonchev–Trinajstić information content (AvgIpc) is 2.46. The van der Waals surface area contributed by atoms with Crippen LogP contribution in [0.15, 0.2) is 18.2 Å². The molecule has 6 heteroatoms. The van der Waals surface area contributed by atoms with Gasteiger partial charge in [-0.15, -0.1) is 0 Å². The topological polar surface area (TPSA) is 85.2 Å². The monoisotopic (exact) mass is 309 g/mol. The van der Waals surface area contributed by atoms with Crippen molar-refractivity contribution < 1.29 is 9.90 Å². The minimum Gasteiger partial charge on any atom is -0.392 e. The molecule has 1 rings (SSSR count). The third-order valence-corrected chi connectivity index (χ3v) is 3.77. The summed E-state index contributed by atoms with van der Waals surface area (Å²) < 4.78 is 0. The van der Waals surface area contributed by atoms with Crippen LogP contribution in [0.3, 0.4) is 0 Å². The molecule has 0 aliphatic heterocycles. The molecule has 21 heavy (non-hydrogen) atoms. The molecule has 1 aromatic rings. The molecule has 0 bridgehead atoms. The zero-order chi connectivity index (χ0) is 16.0.